The van der Waals surface area contributed by atoms with Crippen molar-refractivity contribution in [3.05, 3.63) is 75.5 Å². The lowest BCUT2D eigenvalue weighted by atomic mass is 10.2. The average molecular weight is 431 g/mol. The molecule has 29 heavy (non-hydrogen) atoms. The molecule has 0 saturated carbocycles. The Bertz CT molecular complexity index is 1080. The van der Waals surface area contributed by atoms with Crippen molar-refractivity contribution in [3.8, 4) is 0 Å². The molecule has 6 nitrogen and oxygen atoms in total. The molecule has 0 aliphatic rings. The van der Waals surface area contributed by atoms with E-state index in [0.717, 1.165) is 11.1 Å². The lowest BCUT2D eigenvalue weighted by molar-refractivity contribution is -0.119. The minimum absolute atomic E-state index is 0.194. The number of anilines is 2. The van der Waals surface area contributed by atoms with Gasteiger partial charge in [0.05, 0.1) is 0 Å². The summed E-state index contributed by atoms with van der Waals surface area (Å²) in [7, 11) is 0. The summed E-state index contributed by atoms with van der Waals surface area (Å²) in [6, 6.07) is 11.5. The average Bonchev–Trinajstić information content (AvgIpc) is 3.17. The molecule has 3 aromatic rings. The molecule has 2 N–H and O–H groups in total. The number of aryl methyl sites for hydroxylation is 2. The van der Waals surface area contributed by atoms with Crippen molar-refractivity contribution in [1.82, 2.24) is 9.78 Å². The van der Waals surface area contributed by atoms with Crippen molar-refractivity contribution in [2.24, 2.45) is 0 Å². The van der Waals surface area contributed by atoms with Crippen molar-refractivity contribution in [1.29, 1.82) is 0 Å². The highest BCUT2D eigenvalue weighted by atomic mass is 35.5. The van der Waals surface area contributed by atoms with Gasteiger partial charge in [-0.05, 0) is 62.2 Å². The highest BCUT2D eigenvalue weighted by Gasteiger charge is 2.18. The second kappa shape index (κ2) is 8.68. The van der Waals surface area contributed by atoms with Crippen LogP contribution in [0, 0.1) is 13.8 Å². The molecule has 0 radical (unpaired) electrons. The summed E-state index contributed by atoms with van der Waals surface area (Å²) >= 11 is 12.2. The van der Waals surface area contributed by atoms with Crippen LogP contribution in [0.3, 0.4) is 0 Å². The standard InChI is InChI=1S/C21H20Cl2N4O2/c1-12-4-6-15(10-17(12)22)24-20(28)14(3)27-9-8-19(26-27)21(29)25-16-7-5-13(2)18(23)11-16/h4-11,14H,1-3H3,(H,24,28)(H,25,29)/t14-/m0/s1. The maximum atomic E-state index is 12.5. The molecular weight excluding hydrogens is 411 g/mol. The van der Waals surface area contributed by atoms with E-state index in [1.54, 1.807) is 43.5 Å². The minimum Gasteiger partial charge on any atom is -0.324 e. The van der Waals surface area contributed by atoms with Crippen LogP contribution in [0.1, 0.15) is 34.6 Å². The van der Waals surface area contributed by atoms with Gasteiger partial charge in [-0.2, -0.15) is 5.10 Å². The van der Waals surface area contributed by atoms with Gasteiger partial charge >= 0.3 is 0 Å². The number of rotatable bonds is 5. The number of halogens is 2. The number of nitrogens with zero attached hydrogens (tertiary/aromatic N) is 2. The number of benzene rings is 2. The summed E-state index contributed by atoms with van der Waals surface area (Å²) in [5, 5.41) is 10.9. The number of hydrogen-bond donors (Lipinski definition) is 2. The highest BCUT2D eigenvalue weighted by Crippen LogP contribution is 2.22. The monoisotopic (exact) mass is 430 g/mol. The molecule has 150 valence electrons. The number of aromatic nitrogens is 2. The van der Waals surface area contributed by atoms with Crippen LogP contribution in [0.5, 0.6) is 0 Å². The summed E-state index contributed by atoms with van der Waals surface area (Å²) in [5.74, 6) is -0.660. The van der Waals surface area contributed by atoms with E-state index in [2.05, 4.69) is 15.7 Å². The van der Waals surface area contributed by atoms with Crippen LogP contribution in [0.4, 0.5) is 11.4 Å². The van der Waals surface area contributed by atoms with E-state index in [-0.39, 0.29) is 17.5 Å². The zero-order chi connectivity index (χ0) is 21.1. The van der Waals surface area contributed by atoms with E-state index in [9.17, 15) is 9.59 Å². The van der Waals surface area contributed by atoms with Gasteiger partial charge in [0, 0.05) is 27.6 Å². The smallest absolute Gasteiger partial charge is 0.276 e. The van der Waals surface area contributed by atoms with E-state index in [0.29, 0.717) is 21.4 Å². The Hall–Kier alpha value is -2.83. The fourth-order valence-electron chi connectivity index (χ4n) is 2.58. The van der Waals surface area contributed by atoms with Gasteiger partial charge in [-0.3, -0.25) is 14.3 Å². The molecule has 0 aliphatic heterocycles. The van der Waals surface area contributed by atoms with Crippen LogP contribution in [-0.4, -0.2) is 21.6 Å². The van der Waals surface area contributed by atoms with Crippen LogP contribution in [0.25, 0.3) is 0 Å². The molecule has 8 heteroatoms. The molecular formula is C21H20Cl2N4O2. The van der Waals surface area contributed by atoms with Crippen molar-refractivity contribution < 1.29 is 9.59 Å². The molecule has 0 aliphatic carbocycles. The van der Waals surface area contributed by atoms with E-state index in [4.69, 9.17) is 23.2 Å². The molecule has 2 amide bonds. The van der Waals surface area contributed by atoms with Crippen LogP contribution in [-0.2, 0) is 4.79 Å². The minimum atomic E-state index is -0.620. The Morgan fingerprint density at radius 3 is 2.03 bits per heavy atom. The van der Waals surface area contributed by atoms with E-state index in [1.807, 2.05) is 26.0 Å². The normalized spacial score (nSPS) is 11.8. The fourth-order valence-corrected chi connectivity index (χ4v) is 2.94. The van der Waals surface area contributed by atoms with Gasteiger partial charge in [-0.1, -0.05) is 35.3 Å². The Kier molecular flexibility index (Phi) is 6.25. The zero-order valence-electron chi connectivity index (χ0n) is 16.2. The van der Waals surface area contributed by atoms with Crippen LogP contribution < -0.4 is 10.6 Å². The third kappa shape index (κ3) is 4.96. The molecule has 1 heterocycles. The first kappa shape index (κ1) is 20.9. The van der Waals surface area contributed by atoms with Crippen molar-refractivity contribution in [2.45, 2.75) is 26.8 Å². The van der Waals surface area contributed by atoms with Gasteiger partial charge in [0.25, 0.3) is 5.91 Å². The summed E-state index contributed by atoms with van der Waals surface area (Å²) in [5.41, 5.74) is 3.21. The van der Waals surface area contributed by atoms with E-state index < -0.39 is 6.04 Å². The summed E-state index contributed by atoms with van der Waals surface area (Å²) in [4.78, 5) is 24.9. The van der Waals surface area contributed by atoms with Crippen LogP contribution >= 0.6 is 23.2 Å². The molecule has 1 aromatic heterocycles. The second-order valence-electron chi connectivity index (χ2n) is 6.73. The zero-order valence-corrected chi connectivity index (χ0v) is 17.7. The fraction of sp³-hybridized carbons (Fsp3) is 0.190. The molecule has 0 spiro atoms. The first-order chi connectivity index (χ1) is 13.7. The van der Waals surface area contributed by atoms with Crippen molar-refractivity contribution in [3.63, 3.8) is 0 Å². The van der Waals surface area contributed by atoms with Crippen molar-refractivity contribution >= 4 is 46.4 Å². The summed E-state index contributed by atoms with van der Waals surface area (Å²) < 4.78 is 1.43. The van der Waals surface area contributed by atoms with E-state index >= 15 is 0 Å². The largest absolute Gasteiger partial charge is 0.324 e. The quantitative estimate of drug-likeness (QED) is 0.579. The van der Waals surface area contributed by atoms with Gasteiger partial charge in [-0.15, -0.1) is 0 Å². The third-order valence-electron chi connectivity index (χ3n) is 4.49. The SMILES string of the molecule is Cc1ccc(NC(=O)c2ccn([C@@H](C)C(=O)Nc3ccc(C)c(Cl)c3)n2)cc1Cl. The lowest BCUT2D eigenvalue weighted by Gasteiger charge is -2.13. The summed E-state index contributed by atoms with van der Waals surface area (Å²) in [6.07, 6.45) is 1.59. The molecule has 2 aromatic carbocycles. The maximum absolute atomic E-state index is 12.5. The number of nitrogens with one attached hydrogen (secondary N) is 2. The Morgan fingerprint density at radius 1 is 0.931 bits per heavy atom. The Labute approximate surface area is 178 Å². The van der Waals surface area contributed by atoms with Gasteiger partial charge in [0.15, 0.2) is 5.69 Å². The number of amides is 2. The number of carbonyl (C=O) groups excluding carboxylic acids is 2. The van der Waals surface area contributed by atoms with Gasteiger partial charge in [0.1, 0.15) is 6.04 Å². The van der Waals surface area contributed by atoms with Gasteiger partial charge < -0.3 is 10.6 Å². The maximum Gasteiger partial charge on any atom is 0.276 e. The molecule has 0 unspecified atom stereocenters. The van der Waals surface area contributed by atoms with Crippen LogP contribution in [0.15, 0.2) is 48.7 Å². The number of carbonyl (C=O) groups is 2. The molecule has 0 bridgehead atoms. The third-order valence-corrected chi connectivity index (χ3v) is 5.30. The second-order valence-corrected chi connectivity index (χ2v) is 7.54. The molecule has 0 saturated heterocycles. The first-order valence-electron chi connectivity index (χ1n) is 8.94. The molecule has 1 atom stereocenters. The first-order valence-corrected chi connectivity index (χ1v) is 9.70. The van der Waals surface area contributed by atoms with Crippen LogP contribution in [0.2, 0.25) is 10.0 Å². The lowest BCUT2D eigenvalue weighted by Crippen LogP contribution is -2.24. The predicted molar refractivity (Wildman–Crippen MR) is 116 cm³/mol. The predicted octanol–water partition coefficient (Wildman–Crippen LogP) is 5.26. The van der Waals surface area contributed by atoms with Crippen molar-refractivity contribution in [2.75, 3.05) is 10.6 Å². The Morgan fingerprint density at radius 2 is 1.48 bits per heavy atom. The van der Waals surface area contributed by atoms with Gasteiger partial charge in [0.2, 0.25) is 5.91 Å². The topological polar surface area (TPSA) is 76.0 Å². The molecule has 0 fully saturated rings. The summed E-state index contributed by atoms with van der Waals surface area (Å²) in [6.45, 7) is 5.46. The van der Waals surface area contributed by atoms with Gasteiger partial charge in [-0.25, -0.2) is 0 Å². The Balaban J connectivity index is 1.67. The van der Waals surface area contributed by atoms with E-state index in [1.165, 1.54) is 4.68 Å². The number of hydrogen-bond acceptors (Lipinski definition) is 3. The molecule has 3 rings (SSSR count). The highest BCUT2D eigenvalue weighted by molar-refractivity contribution is 6.32.